The Morgan fingerprint density at radius 1 is 0.393 bits per heavy atom. The Morgan fingerprint density at radius 2 is 0.820 bits per heavy atom. The number of aromatic nitrogens is 5. The molecule has 0 N–H and O–H groups in total. The van der Waals surface area contributed by atoms with Gasteiger partial charge in [-0.15, -0.1) is 0 Å². The molecule has 294 valence electrons. The Kier molecular flexibility index (Phi) is 9.62. The number of para-hydroxylation sites is 2. The third-order valence-corrected chi connectivity index (χ3v) is 11.1. The monoisotopic (exact) mass is 789 g/mol. The summed E-state index contributed by atoms with van der Waals surface area (Å²) >= 11 is 0. The molecule has 0 aliphatic heterocycles. The van der Waals surface area contributed by atoms with Crippen molar-refractivity contribution in [2.75, 3.05) is 9.80 Å². The zero-order valence-electron chi connectivity index (χ0n) is 34.3. The van der Waals surface area contributed by atoms with Gasteiger partial charge in [-0.25, -0.2) is 9.97 Å². The smallest absolute Gasteiger partial charge is 0.234 e. The maximum Gasteiger partial charge on any atom is 0.234 e. The molecule has 4 aromatic heterocycles. The van der Waals surface area contributed by atoms with Crippen LogP contribution in [0.5, 0.6) is 0 Å². The Morgan fingerprint density at radius 3 is 1.25 bits per heavy atom. The van der Waals surface area contributed by atoms with Gasteiger partial charge in [0.15, 0.2) is 0 Å². The predicted molar refractivity (Wildman–Crippen MR) is 251 cm³/mol. The van der Waals surface area contributed by atoms with Crippen LogP contribution in [0.3, 0.4) is 0 Å². The van der Waals surface area contributed by atoms with Crippen molar-refractivity contribution < 1.29 is 0 Å². The number of nitrogens with zero attached hydrogens (tertiary/aromatic N) is 7. The van der Waals surface area contributed by atoms with Crippen LogP contribution in [0, 0.1) is 0 Å². The molecule has 0 bridgehead atoms. The molecule has 0 atom stereocenters. The van der Waals surface area contributed by atoms with Crippen LogP contribution in [-0.4, -0.2) is 24.5 Å². The van der Waals surface area contributed by atoms with Crippen molar-refractivity contribution in [2.45, 2.75) is 26.2 Å². The fraction of sp³-hybridized carbons (Fsp3) is 0.0741. The van der Waals surface area contributed by atoms with E-state index in [2.05, 4.69) is 191 Å². The van der Waals surface area contributed by atoms with Crippen molar-refractivity contribution in [3.05, 3.63) is 212 Å². The summed E-state index contributed by atoms with van der Waals surface area (Å²) in [5, 5.41) is 2.21. The number of hydrogen-bond acceptors (Lipinski definition) is 6. The first kappa shape index (κ1) is 37.4. The van der Waals surface area contributed by atoms with Crippen LogP contribution >= 0.6 is 0 Å². The fourth-order valence-corrected chi connectivity index (χ4v) is 8.04. The normalized spacial score (nSPS) is 11.5. The average molecular weight is 790 g/mol. The second-order valence-corrected chi connectivity index (χ2v) is 16.1. The quantitative estimate of drug-likeness (QED) is 0.145. The Bertz CT molecular complexity index is 2920. The number of pyridine rings is 2. The molecule has 0 radical (unpaired) electrons. The maximum absolute atomic E-state index is 5.07. The first-order valence-corrected chi connectivity index (χ1v) is 20.5. The number of anilines is 6. The second-order valence-electron chi connectivity index (χ2n) is 16.1. The average Bonchev–Trinajstić information content (AvgIpc) is 3.63. The third kappa shape index (κ3) is 7.27. The van der Waals surface area contributed by atoms with Gasteiger partial charge >= 0.3 is 0 Å². The zero-order chi connectivity index (χ0) is 41.3. The first-order chi connectivity index (χ1) is 29.9. The van der Waals surface area contributed by atoms with Crippen molar-refractivity contribution in [3.63, 3.8) is 0 Å². The van der Waals surface area contributed by atoms with E-state index in [0.29, 0.717) is 5.95 Å². The molecule has 0 saturated heterocycles. The molecule has 0 aliphatic carbocycles. The van der Waals surface area contributed by atoms with Gasteiger partial charge in [-0.3, -0.25) is 14.5 Å². The lowest BCUT2D eigenvalue weighted by Gasteiger charge is -2.26. The van der Waals surface area contributed by atoms with Gasteiger partial charge in [-0.2, -0.15) is 0 Å². The van der Waals surface area contributed by atoms with Crippen molar-refractivity contribution in [2.24, 2.45) is 0 Å². The molecular formula is C54H43N7. The van der Waals surface area contributed by atoms with Crippen LogP contribution in [0.2, 0.25) is 0 Å². The van der Waals surface area contributed by atoms with Crippen molar-refractivity contribution in [1.29, 1.82) is 0 Å². The maximum atomic E-state index is 5.07. The number of hydrogen-bond donors (Lipinski definition) is 0. The van der Waals surface area contributed by atoms with E-state index in [-0.39, 0.29) is 5.41 Å². The molecule has 10 aromatic rings. The van der Waals surface area contributed by atoms with E-state index in [0.717, 1.165) is 84.0 Å². The molecule has 0 aliphatic rings. The minimum absolute atomic E-state index is 0.0975. The highest BCUT2D eigenvalue weighted by atomic mass is 15.2. The van der Waals surface area contributed by atoms with Gasteiger partial charge in [0.2, 0.25) is 5.95 Å². The molecule has 0 spiro atoms. The van der Waals surface area contributed by atoms with Crippen LogP contribution < -0.4 is 9.80 Å². The number of rotatable bonds is 9. The van der Waals surface area contributed by atoms with E-state index in [1.807, 2.05) is 61.2 Å². The molecule has 6 aromatic carbocycles. The van der Waals surface area contributed by atoms with Crippen LogP contribution in [0.4, 0.5) is 34.1 Å². The number of benzene rings is 6. The summed E-state index contributed by atoms with van der Waals surface area (Å²) < 4.78 is 2.21. The first-order valence-electron chi connectivity index (χ1n) is 20.5. The second kappa shape index (κ2) is 15.7. The molecule has 7 heteroatoms. The standard InChI is InChI=1S/C54H43N7/c1-54(2,3)40-36-57-53(58-37-40)61-51-34-45(59(41-18-6-4-7-19-41)43-22-14-16-38(32-43)49-24-10-12-30-55-49)26-28-47(51)48-29-27-46(35-52(48)61)60(42-20-8-5-9-21-42)44-23-15-17-39(33-44)50-25-11-13-31-56-50/h4-37H,1-3H3. The lowest BCUT2D eigenvalue weighted by molar-refractivity contribution is 0.583. The zero-order valence-corrected chi connectivity index (χ0v) is 34.3. The Hall–Kier alpha value is -7.90. The van der Waals surface area contributed by atoms with Crippen molar-refractivity contribution in [3.8, 4) is 28.5 Å². The van der Waals surface area contributed by atoms with Gasteiger partial charge < -0.3 is 9.80 Å². The molecule has 0 amide bonds. The largest absolute Gasteiger partial charge is 0.310 e. The lowest BCUT2D eigenvalue weighted by atomic mass is 9.89. The van der Waals surface area contributed by atoms with E-state index < -0.39 is 0 Å². The highest BCUT2D eigenvalue weighted by molar-refractivity contribution is 6.11. The minimum atomic E-state index is -0.0975. The summed E-state index contributed by atoms with van der Waals surface area (Å²) in [5.41, 5.74) is 13.1. The summed E-state index contributed by atoms with van der Waals surface area (Å²) in [5.74, 6) is 0.606. The van der Waals surface area contributed by atoms with E-state index in [9.17, 15) is 0 Å². The van der Waals surface area contributed by atoms with E-state index in [1.165, 1.54) is 0 Å². The van der Waals surface area contributed by atoms with Crippen LogP contribution in [0.1, 0.15) is 26.3 Å². The summed E-state index contributed by atoms with van der Waals surface area (Å²) in [4.78, 5) is 24.1. The fourth-order valence-electron chi connectivity index (χ4n) is 8.04. The lowest BCUT2D eigenvalue weighted by Crippen LogP contribution is -2.13. The summed E-state index contributed by atoms with van der Waals surface area (Å²) in [6.45, 7) is 6.56. The van der Waals surface area contributed by atoms with E-state index in [1.54, 1.807) is 0 Å². The highest BCUT2D eigenvalue weighted by Gasteiger charge is 2.22. The highest BCUT2D eigenvalue weighted by Crippen LogP contribution is 2.43. The topological polar surface area (TPSA) is 63.0 Å². The van der Waals surface area contributed by atoms with E-state index >= 15 is 0 Å². The van der Waals surface area contributed by atoms with Gasteiger partial charge in [0.1, 0.15) is 0 Å². The molecule has 61 heavy (non-hydrogen) atoms. The van der Waals surface area contributed by atoms with Crippen molar-refractivity contribution >= 4 is 55.9 Å². The Labute approximate surface area is 355 Å². The molecule has 0 fully saturated rings. The number of fused-ring (bicyclic) bond motifs is 3. The van der Waals surface area contributed by atoms with Crippen LogP contribution in [0.25, 0.3) is 50.3 Å². The van der Waals surface area contributed by atoms with Gasteiger partial charge in [0.05, 0.1) is 22.4 Å². The van der Waals surface area contributed by atoms with Gasteiger partial charge in [0.25, 0.3) is 0 Å². The minimum Gasteiger partial charge on any atom is -0.310 e. The third-order valence-electron chi connectivity index (χ3n) is 11.1. The Balaban J connectivity index is 1.19. The molecule has 4 heterocycles. The van der Waals surface area contributed by atoms with Gasteiger partial charge in [-0.05, 0) is 108 Å². The van der Waals surface area contributed by atoms with Crippen LogP contribution in [0.15, 0.2) is 207 Å². The van der Waals surface area contributed by atoms with E-state index in [4.69, 9.17) is 9.97 Å². The SMILES string of the molecule is CC(C)(C)c1cnc(-n2c3cc(N(c4ccccc4)c4cccc(-c5ccccn5)c4)ccc3c3ccc(N(c4ccccc4)c4cccc(-c5ccccn5)c4)cc32)nc1. The van der Waals surface area contributed by atoms with Gasteiger partial charge in [-0.1, -0.05) is 106 Å². The predicted octanol–water partition coefficient (Wildman–Crippen LogP) is 13.9. The molecule has 7 nitrogen and oxygen atoms in total. The molecule has 0 saturated carbocycles. The van der Waals surface area contributed by atoms with Crippen LogP contribution in [-0.2, 0) is 5.41 Å². The molecular weight excluding hydrogens is 747 g/mol. The molecule has 10 rings (SSSR count). The summed E-state index contributed by atoms with van der Waals surface area (Å²) in [6.07, 6.45) is 7.60. The summed E-state index contributed by atoms with van der Waals surface area (Å²) in [6, 6.07) is 63.6. The van der Waals surface area contributed by atoms with Crippen molar-refractivity contribution in [1.82, 2.24) is 24.5 Å². The van der Waals surface area contributed by atoms with Gasteiger partial charge in [0, 0.05) is 80.8 Å². The summed E-state index contributed by atoms with van der Waals surface area (Å²) in [7, 11) is 0. The molecule has 0 unspecified atom stereocenters.